The van der Waals surface area contributed by atoms with Crippen LogP contribution in [-0.2, 0) is 22.6 Å². The first-order valence-electron chi connectivity index (χ1n) is 14.3. The van der Waals surface area contributed by atoms with Crippen molar-refractivity contribution < 1.29 is 14.6 Å². The van der Waals surface area contributed by atoms with Crippen molar-refractivity contribution >= 4 is 0 Å². The molecular formula is C34H42N2O3. The van der Waals surface area contributed by atoms with E-state index in [4.69, 9.17) is 15.2 Å². The second-order valence-corrected chi connectivity index (χ2v) is 11.0. The Morgan fingerprint density at radius 3 is 2.33 bits per heavy atom. The molecular weight excluding hydrogens is 484 g/mol. The Kier molecular flexibility index (Phi) is 9.28. The highest BCUT2D eigenvalue weighted by molar-refractivity contribution is 5.65. The number of aliphatic hydroxyl groups is 1. The molecule has 3 aromatic rings. The molecule has 0 bridgehead atoms. The van der Waals surface area contributed by atoms with Crippen LogP contribution in [0.3, 0.4) is 0 Å². The van der Waals surface area contributed by atoms with Crippen molar-refractivity contribution in [2.75, 3.05) is 13.1 Å². The molecule has 5 nitrogen and oxygen atoms in total. The van der Waals surface area contributed by atoms with E-state index in [1.165, 1.54) is 25.7 Å². The normalized spacial score (nSPS) is 23.8. The molecule has 3 N–H and O–H groups in total. The second kappa shape index (κ2) is 13.0. The van der Waals surface area contributed by atoms with Gasteiger partial charge in [0.05, 0.1) is 18.8 Å². The summed E-state index contributed by atoms with van der Waals surface area (Å²) in [4.78, 5) is 2.56. The Morgan fingerprint density at radius 2 is 1.64 bits per heavy atom. The molecule has 0 unspecified atom stereocenters. The molecule has 4 atom stereocenters. The van der Waals surface area contributed by atoms with Gasteiger partial charge >= 0.3 is 0 Å². The summed E-state index contributed by atoms with van der Waals surface area (Å²) in [6.45, 7) is 8.54. The van der Waals surface area contributed by atoms with E-state index in [1.54, 1.807) is 0 Å². The number of rotatable bonds is 10. The van der Waals surface area contributed by atoms with Crippen LogP contribution in [0, 0.1) is 5.92 Å². The molecule has 1 aliphatic carbocycles. The first-order chi connectivity index (χ1) is 19.1. The molecule has 5 rings (SSSR count). The lowest BCUT2D eigenvalue weighted by Crippen LogP contribution is -2.47. The standard InChI is InChI=1S/C34H42N2O3/c1-3-18-36(31-12-4-5-13-31)22-32-24(2)33(27-16-14-25(23-37)15-17-27)39-34(38-32)30-11-7-10-29(20-30)28-9-6-8-26(19-28)21-35/h3,6-11,14-17,19-20,24,31-34,37H,1,4-5,12-13,18,21-23,35H2,2H3/t24-,32+,33+,34+/m1/s1. The summed E-state index contributed by atoms with van der Waals surface area (Å²) in [6.07, 6.45) is 6.47. The number of benzene rings is 3. The SMILES string of the molecule is C=CCN(C[C@@H]1O[C@H](c2cccc(-c3cccc(CN)c3)c2)O[C@H](c2ccc(CO)cc2)[C@@H]1C)C1CCCC1. The van der Waals surface area contributed by atoms with Crippen LogP contribution in [0.1, 0.15) is 67.3 Å². The Labute approximate surface area is 233 Å². The predicted molar refractivity (Wildman–Crippen MR) is 157 cm³/mol. The molecule has 0 spiro atoms. The lowest BCUT2D eigenvalue weighted by molar-refractivity contribution is -0.276. The van der Waals surface area contributed by atoms with Crippen molar-refractivity contribution in [2.45, 2.75) is 70.3 Å². The van der Waals surface area contributed by atoms with Gasteiger partial charge in [-0.2, -0.15) is 0 Å². The highest BCUT2D eigenvalue weighted by atomic mass is 16.7. The third-order valence-corrected chi connectivity index (χ3v) is 8.40. The maximum atomic E-state index is 9.56. The van der Waals surface area contributed by atoms with E-state index in [0.29, 0.717) is 12.6 Å². The minimum Gasteiger partial charge on any atom is -0.392 e. The van der Waals surface area contributed by atoms with E-state index in [9.17, 15) is 5.11 Å². The van der Waals surface area contributed by atoms with E-state index in [1.807, 2.05) is 18.2 Å². The average Bonchev–Trinajstić information content (AvgIpc) is 3.53. The fraction of sp³-hybridized carbons (Fsp3) is 0.412. The molecule has 2 fully saturated rings. The molecule has 0 amide bonds. The first kappa shape index (κ1) is 27.8. The smallest absolute Gasteiger partial charge is 0.184 e. The Morgan fingerprint density at radius 1 is 0.923 bits per heavy atom. The van der Waals surface area contributed by atoms with Crippen LogP contribution in [0.25, 0.3) is 11.1 Å². The molecule has 1 saturated carbocycles. The maximum absolute atomic E-state index is 9.56. The third-order valence-electron chi connectivity index (χ3n) is 8.40. The molecule has 1 aliphatic heterocycles. The monoisotopic (exact) mass is 526 g/mol. The van der Waals surface area contributed by atoms with E-state index in [-0.39, 0.29) is 24.7 Å². The van der Waals surface area contributed by atoms with Gasteiger partial charge in [-0.15, -0.1) is 6.58 Å². The van der Waals surface area contributed by atoms with Gasteiger partial charge in [-0.25, -0.2) is 0 Å². The molecule has 39 heavy (non-hydrogen) atoms. The maximum Gasteiger partial charge on any atom is 0.184 e. The van der Waals surface area contributed by atoms with Gasteiger partial charge in [0.25, 0.3) is 0 Å². The fourth-order valence-electron chi connectivity index (χ4n) is 6.11. The summed E-state index contributed by atoms with van der Waals surface area (Å²) in [6, 6.07) is 25.6. The van der Waals surface area contributed by atoms with Gasteiger partial charge < -0.3 is 20.3 Å². The highest BCUT2D eigenvalue weighted by Gasteiger charge is 2.40. The summed E-state index contributed by atoms with van der Waals surface area (Å²) in [5.41, 5.74) is 12.3. The topological polar surface area (TPSA) is 68.0 Å². The summed E-state index contributed by atoms with van der Waals surface area (Å²) in [5, 5.41) is 9.56. The van der Waals surface area contributed by atoms with Gasteiger partial charge in [0.15, 0.2) is 6.29 Å². The van der Waals surface area contributed by atoms with Crippen LogP contribution in [0.5, 0.6) is 0 Å². The van der Waals surface area contributed by atoms with E-state index in [0.717, 1.165) is 46.5 Å². The quantitative estimate of drug-likeness (QED) is 0.294. The summed E-state index contributed by atoms with van der Waals surface area (Å²) < 4.78 is 13.5. The number of nitrogens with two attached hydrogens (primary N) is 1. The largest absolute Gasteiger partial charge is 0.392 e. The van der Waals surface area contributed by atoms with Crippen molar-refractivity contribution in [2.24, 2.45) is 11.7 Å². The molecule has 5 heteroatoms. The Balaban J connectivity index is 1.46. The van der Waals surface area contributed by atoms with Gasteiger partial charge in [0, 0.05) is 37.2 Å². The number of hydrogen-bond donors (Lipinski definition) is 2. The lowest BCUT2D eigenvalue weighted by Gasteiger charge is -2.43. The molecule has 3 aromatic carbocycles. The zero-order chi connectivity index (χ0) is 27.2. The minimum atomic E-state index is -0.486. The fourth-order valence-corrected chi connectivity index (χ4v) is 6.11. The molecule has 1 heterocycles. The van der Waals surface area contributed by atoms with Crippen molar-refractivity contribution in [1.82, 2.24) is 4.90 Å². The van der Waals surface area contributed by atoms with Gasteiger partial charge in [-0.05, 0) is 52.8 Å². The summed E-state index contributed by atoms with van der Waals surface area (Å²) >= 11 is 0. The average molecular weight is 527 g/mol. The predicted octanol–water partition coefficient (Wildman–Crippen LogP) is 6.53. The van der Waals surface area contributed by atoms with Gasteiger partial charge in [0.1, 0.15) is 0 Å². The van der Waals surface area contributed by atoms with E-state index < -0.39 is 6.29 Å². The Bertz CT molecular complexity index is 1220. The highest BCUT2D eigenvalue weighted by Crippen LogP contribution is 2.43. The van der Waals surface area contributed by atoms with Gasteiger partial charge in [-0.3, -0.25) is 4.90 Å². The van der Waals surface area contributed by atoms with E-state index in [2.05, 4.69) is 79.1 Å². The molecule has 0 radical (unpaired) electrons. The molecule has 206 valence electrons. The van der Waals surface area contributed by atoms with Crippen LogP contribution in [0.2, 0.25) is 0 Å². The van der Waals surface area contributed by atoms with Crippen molar-refractivity contribution in [3.8, 4) is 11.1 Å². The molecule has 2 aliphatic rings. The minimum absolute atomic E-state index is 0.00366. The zero-order valence-electron chi connectivity index (χ0n) is 23.0. The van der Waals surface area contributed by atoms with E-state index >= 15 is 0 Å². The molecule has 1 saturated heterocycles. The summed E-state index contributed by atoms with van der Waals surface area (Å²) in [5.74, 6) is 0.152. The number of nitrogens with zero attached hydrogens (tertiary/aromatic N) is 1. The number of ether oxygens (including phenoxy) is 2. The third kappa shape index (κ3) is 6.51. The zero-order valence-corrected chi connectivity index (χ0v) is 23.0. The van der Waals surface area contributed by atoms with Crippen LogP contribution in [0.4, 0.5) is 0 Å². The lowest BCUT2D eigenvalue weighted by atomic mass is 9.89. The van der Waals surface area contributed by atoms with Crippen molar-refractivity contribution in [3.63, 3.8) is 0 Å². The van der Waals surface area contributed by atoms with Crippen LogP contribution in [-0.4, -0.2) is 35.2 Å². The van der Waals surface area contributed by atoms with Crippen LogP contribution < -0.4 is 5.73 Å². The van der Waals surface area contributed by atoms with Crippen molar-refractivity contribution in [3.05, 3.63) is 108 Å². The first-order valence-corrected chi connectivity index (χ1v) is 14.3. The van der Waals surface area contributed by atoms with Crippen molar-refractivity contribution in [1.29, 1.82) is 0 Å². The van der Waals surface area contributed by atoms with Gasteiger partial charge in [0.2, 0.25) is 0 Å². The number of aliphatic hydroxyl groups excluding tert-OH is 1. The molecule has 0 aromatic heterocycles. The number of hydrogen-bond acceptors (Lipinski definition) is 5. The van der Waals surface area contributed by atoms with Crippen LogP contribution in [0.15, 0.2) is 85.5 Å². The van der Waals surface area contributed by atoms with Gasteiger partial charge in [-0.1, -0.05) is 86.5 Å². The second-order valence-electron chi connectivity index (χ2n) is 11.0. The Hall–Kier alpha value is -2.80. The summed E-state index contributed by atoms with van der Waals surface area (Å²) in [7, 11) is 0. The van der Waals surface area contributed by atoms with Crippen LogP contribution >= 0.6 is 0 Å².